The molecule has 0 aliphatic carbocycles. The molecule has 0 fully saturated rings. The number of hydrogen-bond acceptors (Lipinski definition) is 6. The summed E-state index contributed by atoms with van der Waals surface area (Å²) < 4.78 is 6.90. The zero-order valence-corrected chi connectivity index (χ0v) is 17.4. The van der Waals surface area contributed by atoms with E-state index in [1.165, 1.54) is 11.0 Å². The molecular weight excluding hydrogens is 386 g/mol. The van der Waals surface area contributed by atoms with Gasteiger partial charge in [-0.15, -0.1) is 16.9 Å². The van der Waals surface area contributed by atoms with Crippen LogP contribution >= 0.6 is 11.8 Å². The fraction of sp³-hybridized carbons (Fsp3) is 0.333. The fourth-order valence-electron chi connectivity index (χ4n) is 2.88. The number of methoxy groups -OCH3 is 1. The molecule has 1 heterocycles. The van der Waals surface area contributed by atoms with Gasteiger partial charge in [-0.1, -0.05) is 49.4 Å². The molecular formula is C21H25N5O2S. The molecule has 0 aliphatic rings. The standard InChI is InChI=1S/C21H25N5O2S/c1-16(14-29-20-11-7-6-10-19(20)28-2)13-22-21(27)18(26-15-23-24-25-26)12-17-8-4-3-5-9-17/h3-11,15-16,18H,12-14H2,1-2H3,(H,22,27). The summed E-state index contributed by atoms with van der Waals surface area (Å²) in [6.07, 6.45) is 2.01. The molecule has 29 heavy (non-hydrogen) atoms. The van der Waals surface area contributed by atoms with Gasteiger partial charge in [0.25, 0.3) is 0 Å². The quantitative estimate of drug-likeness (QED) is 0.517. The Morgan fingerprint density at radius 2 is 1.93 bits per heavy atom. The molecule has 0 radical (unpaired) electrons. The van der Waals surface area contributed by atoms with Gasteiger partial charge in [0.05, 0.1) is 7.11 Å². The highest BCUT2D eigenvalue weighted by Crippen LogP contribution is 2.29. The number of amides is 1. The van der Waals surface area contributed by atoms with E-state index in [1.807, 2.05) is 54.6 Å². The summed E-state index contributed by atoms with van der Waals surface area (Å²) in [5, 5.41) is 14.3. The second kappa shape index (κ2) is 10.6. The van der Waals surface area contributed by atoms with Crippen LogP contribution < -0.4 is 10.1 Å². The maximum atomic E-state index is 12.9. The number of hydrogen-bond donors (Lipinski definition) is 1. The lowest BCUT2D eigenvalue weighted by Crippen LogP contribution is -2.37. The van der Waals surface area contributed by atoms with Gasteiger partial charge >= 0.3 is 0 Å². The van der Waals surface area contributed by atoms with Crippen LogP contribution in [0, 0.1) is 5.92 Å². The number of nitrogens with one attached hydrogen (secondary N) is 1. The summed E-state index contributed by atoms with van der Waals surface area (Å²) in [4.78, 5) is 14.0. The van der Waals surface area contributed by atoms with E-state index in [0.717, 1.165) is 22.0 Å². The van der Waals surface area contributed by atoms with Crippen LogP contribution in [0.25, 0.3) is 0 Å². The Morgan fingerprint density at radius 3 is 2.66 bits per heavy atom. The van der Waals surface area contributed by atoms with Gasteiger partial charge in [0.15, 0.2) is 0 Å². The number of para-hydroxylation sites is 1. The molecule has 7 nitrogen and oxygen atoms in total. The van der Waals surface area contributed by atoms with Crippen molar-refractivity contribution in [2.75, 3.05) is 19.4 Å². The lowest BCUT2D eigenvalue weighted by molar-refractivity contribution is -0.124. The average Bonchev–Trinajstić information content (AvgIpc) is 3.29. The molecule has 0 saturated heterocycles. The molecule has 2 unspecified atom stereocenters. The second-order valence-electron chi connectivity index (χ2n) is 6.81. The highest BCUT2D eigenvalue weighted by atomic mass is 32.2. The lowest BCUT2D eigenvalue weighted by atomic mass is 10.1. The predicted molar refractivity (Wildman–Crippen MR) is 113 cm³/mol. The number of thioether (sulfide) groups is 1. The molecule has 1 aromatic heterocycles. The van der Waals surface area contributed by atoms with Crippen LogP contribution in [0.3, 0.4) is 0 Å². The number of benzene rings is 2. The zero-order chi connectivity index (χ0) is 20.5. The van der Waals surface area contributed by atoms with Gasteiger partial charge in [0, 0.05) is 23.6 Å². The van der Waals surface area contributed by atoms with Gasteiger partial charge in [-0.05, 0) is 34.0 Å². The van der Waals surface area contributed by atoms with Gasteiger partial charge < -0.3 is 10.1 Å². The zero-order valence-electron chi connectivity index (χ0n) is 16.6. The van der Waals surface area contributed by atoms with Crippen molar-refractivity contribution in [3.8, 4) is 5.75 Å². The van der Waals surface area contributed by atoms with Gasteiger partial charge in [-0.2, -0.15) is 0 Å². The SMILES string of the molecule is COc1ccccc1SCC(C)CNC(=O)C(Cc1ccccc1)n1cnnn1. The molecule has 0 aliphatic heterocycles. The maximum absolute atomic E-state index is 12.9. The molecule has 3 aromatic rings. The van der Waals surface area contributed by atoms with E-state index >= 15 is 0 Å². The first-order valence-corrected chi connectivity index (χ1v) is 10.5. The average molecular weight is 412 g/mol. The molecule has 1 amide bonds. The summed E-state index contributed by atoms with van der Waals surface area (Å²) in [6, 6.07) is 17.3. The minimum absolute atomic E-state index is 0.0877. The second-order valence-corrected chi connectivity index (χ2v) is 7.87. The summed E-state index contributed by atoms with van der Waals surface area (Å²) in [5.74, 6) is 1.94. The summed E-state index contributed by atoms with van der Waals surface area (Å²) >= 11 is 1.73. The monoisotopic (exact) mass is 411 g/mol. The minimum atomic E-state index is -0.485. The Kier molecular flexibility index (Phi) is 7.63. The number of carbonyl (C=O) groups excluding carboxylic acids is 1. The molecule has 1 N–H and O–H groups in total. The topological polar surface area (TPSA) is 81.9 Å². The van der Waals surface area contributed by atoms with Crippen molar-refractivity contribution in [3.05, 3.63) is 66.5 Å². The van der Waals surface area contributed by atoms with E-state index in [9.17, 15) is 4.79 Å². The van der Waals surface area contributed by atoms with Crippen molar-refractivity contribution < 1.29 is 9.53 Å². The third kappa shape index (κ3) is 6.05. The molecule has 2 atom stereocenters. The van der Waals surface area contributed by atoms with Crippen molar-refractivity contribution in [3.63, 3.8) is 0 Å². The molecule has 0 bridgehead atoms. The van der Waals surface area contributed by atoms with Crippen molar-refractivity contribution >= 4 is 17.7 Å². The number of aromatic nitrogens is 4. The van der Waals surface area contributed by atoms with Crippen molar-refractivity contribution in [2.24, 2.45) is 5.92 Å². The number of rotatable bonds is 10. The minimum Gasteiger partial charge on any atom is -0.496 e. The third-order valence-corrected chi connectivity index (χ3v) is 5.86. The highest BCUT2D eigenvalue weighted by Gasteiger charge is 2.22. The summed E-state index contributed by atoms with van der Waals surface area (Å²) in [6.45, 7) is 2.69. The molecule has 8 heteroatoms. The summed E-state index contributed by atoms with van der Waals surface area (Å²) in [5.41, 5.74) is 1.06. The Labute approximate surface area is 174 Å². The Bertz CT molecular complexity index is 889. The molecule has 2 aromatic carbocycles. The molecule has 0 saturated carbocycles. The summed E-state index contributed by atoms with van der Waals surface area (Å²) in [7, 11) is 1.68. The number of carbonyl (C=O) groups is 1. The van der Waals surface area contributed by atoms with Crippen LogP contribution in [0.1, 0.15) is 18.5 Å². The van der Waals surface area contributed by atoms with Crippen LogP contribution in [0.4, 0.5) is 0 Å². The fourth-order valence-corrected chi connectivity index (χ4v) is 3.93. The van der Waals surface area contributed by atoms with Gasteiger partial charge in [-0.25, -0.2) is 4.68 Å². The number of nitrogens with zero attached hydrogens (tertiary/aromatic N) is 4. The van der Waals surface area contributed by atoms with Crippen LogP contribution in [-0.2, 0) is 11.2 Å². The van der Waals surface area contributed by atoms with Crippen LogP contribution in [0.2, 0.25) is 0 Å². The van der Waals surface area contributed by atoms with Crippen LogP contribution in [0.15, 0.2) is 65.8 Å². The van der Waals surface area contributed by atoms with Crippen molar-refractivity contribution in [2.45, 2.75) is 24.3 Å². The smallest absolute Gasteiger partial charge is 0.245 e. The lowest BCUT2D eigenvalue weighted by Gasteiger charge is -2.18. The third-order valence-electron chi connectivity index (χ3n) is 4.48. The van der Waals surface area contributed by atoms with Gasteiger partial charge in [0.1, 0.15) is 18.1 Å². The maximum Gasteiger partial charge on any atom is 0.245 e. The number of ether oxygens (including phenoxy) is 1. The van der Waals surface area contributed by atoms with E-state index in [2.05, 4.69) is 27.8 Å². The number of tetrazole rings is 1. The molecule has 152 valence electrons. The van der Waals surface area contributed by atoms with Crippen molar-refractivity contribution in [1.29, 1.82) is 0 Å². The Hall–Kier alpha value is -2.87. The Morgan fingerprint density at radius 1 is 1.17 bits per heavy atom. The highest BCUT2D eigenvalue weighted by molar-refractivity contribution is 7.99. The predicted octanol–water partition coefficient (Wildman–Crippen LogP) is 3.01. The normalized spacial score (nSPS) is 12.9. The van der Waals surface area contributed by atoms with E-state index in [1.54, 1.807) is 18.9 Å². The van der Waals surface area contributed by atoms with Crippen molar-refractivity contribution in [1.82, 2.24) is 25.5 Å². The largest absolute Gasteiger partial charge is 0.496 e. The Balaban J connectivity index is 1.55. The van der Waals surface area contributed by atoms with Gasteiger partial charge in [0.2, 0.25) is 5.91 Å². The van der Waals surface area contributed by atoms with Gasteiger partial charge in [-0.3, -0.25) is 4.79 Å². The van der Waals surface area contributed by atoms with E-state index in [4.69, 9.17) is 4.74 Å². The van der Waals surface area contributed by atoms with E-state index in [0.29, 0.717) is 18.9 Å². The first-order valence-electron chi connectivity index (χ1n) is 9.47. The van der Waals surface area contributed by atoms with Crippen LogP contribution in [0.5, 0.6) is 5.75 Å². The molecule has 0 spiro atoms. The van der Waals surface area contributed by atoms with Crippen LogP contribution in [-0.4, -0.2) is 45.5 Å². The first-order chi connectivity index (χ1) is 14.2. The first kappa shape index (κ1) is 20.9. The van der Waals surface area contributed by atoms with E-state index < -0.39 is 6.04 Å². The molecule has 3 rings (SSSR count). The van der Waals surface area contributed by atoms with E-state index in [-0.39, 0.29) is 5.91 Å².